The number of halogens is 1. The summed E-state index contributed by atoms with van der Waals surface area (Å²) in [5.41, 5.74) is 0. The fourth-order valence-corrected chi connectivity index (χ4v) is 3.28. The van der Waals surface area contributed by atoms with Crippen molar-refractivity contribution in [1.82, 2.24) is 0 Å². The van der Waals surface area contributed by atoms with Crippen LogP contribution in [0, 0.1) is 9.85 Å². The van der Waals surface area contributed by atoms with Crippen LogP contribution < -0.4 is 0 Å². The van der Waals surface area contributed by atoms with E-state index in [9.17, 15) is 0 Å². The minimum atomic E-state index is 0.359. The Labute approximate surface area is 132 Å². The Morgan fingerprint density at radius 3 is 2.05 bits per heavy atom. The Bertz CT molecular complexity index is 276. The van der Waals surface area contributed by atoms with Gasteiger partial charge in [0.2, 0.25) is 0 Å². The van der Waals surface area contributed by atoms with Crippen molar-refractivity contribution >= 4 is 22.6 Å². The Morgan fingerprint density at radius 2 is 1.47 bits per heavy atom. The predicted octanol–water partition coefficient (Wildman–Crippen LogP) is 3.72. The molecule has 1 aliphatic rings. The van der Waals surface area contributed by atoms with Gasteiger partial charge in [0.1, 0.15) is 6.54 Å². The van der Waals surface area contributed by atoms with E-state index in [1.54, 1.807) is 0 Å². The van der Waals surface area contributed by atoms with Crippen LogP contribution in [0.5, 0.6) is 0 Å². The van der Waals surface area contributed by atoms with Crippen molar-refractivity contribution in [2.45, 2.75) is 57.8 Å². The van der Waals surface area contributed by atoms with Crippen molar-refractivity contribution in [2.24, 2.45) is 0 Å². The fourth-order valence-electron chi connectivity index (χ4n) is 3.11. The van der Waals surface area contributed by atoms with Gasteiger partial charge in [0.15, 0.2) is 0 Å². The highest BCUT2D eigenvalue weighted by Crippen LogP contribution is 2.20. The average Bonchev–Trinajstić information content (AvgIpc) is 2.89. The van der Waals surface area contributed by atoms with Crippen LogP contribution in [0.4, 0.5) is 0 Å². The van der Waals surface area contributed by atoms with Gasteiger partial charge in [-0.25, -0.2) is 0 Å². The standard InChI is InChI=1S/C16H29INO/c17-11-10-15-18(13-7-8-14-18)12-6-4-2-1-3-5-9-16-19/h19H,1-9,12-16H2/q+1. The molecule has 1 N–H and O–H groups in total. The van der Waals surface area contributed by atoms with Crippen molar-refractivity contribution in [2.75, 3.05) is 32.8 Å². The van der Waals surface area contributed by atoms with Crippen LogP contribution in [0.2, 0.25) is 0 Å². The van der Waals surface area contributed by atoms with Gasteiger partial charge in [0, 0.05) is 42.0 Å². The van der Waals surface area contributed by atoms with Gasteiger partial charge < -0.3 is 9.59 Å². The molecule has 19 heavy (non-hydrogen) atoms. The summed E-state index contributed by atoms with van der Waals surface area (Å²) in [6, 6.07) is 0. The van der Waals surface area contributed by atoms with Gasteiger partial charge in [0.05, 0.1) is 19.6 Å². The van der Waals surface area contributed by atoms with Crippen molar-refractivity contribution in [3.63, 3.8) is 0 Å². The molecular formula is C16H29INO+. The molecule has 1 aliphatic heterocycles. The van der Waals surface area contributed by atoms with Gasteiger partial charge in [-0.15, -0.1) is 0 Å². The summed E-state index contributed by atoms with van der Waals surface area (Å²) in [5, 5.41) is 8.71. The summed E-state index contributed by atoms with van der Waals surface area (Å²) in [4.78, 5) is 0. The van der Waals surface area contributed by atoms with E-state index in [2.05, 4.69) is 32.4 Å². The van der Waals surface area contributed by atoms with Gasteiger partial charge in [-0.1, -0.05) is 25.7 Å². The molecule has 0 aromatic heterocycles. The van der Waals surface area contributed by atoms with Gasteiger partial charge in [0.25, 0.3) is 0 Å². The third kappa shape index (κ3) is 7.53. The molecule has 1 fully saturated rings. The largest absolute Gasteiger partial charge is 0.396 e. The molecule has 2 nitrogen and oxygen atoms in total. The third-order valence-electron chi connectivity index (χ3n) is 4.29. The summed E-state index contributed by atoms with van der Waals surface area (Å²) in [5.74, 6) is 3.29. The molecule has 0 aliphatic carbocycles. The zero-order valence-electron chi connectivity index (χ0n) is 12.2. The second-order valence-electron chi connectivity index (χ2n) is 5.85. The number of rotatable bonds is 10. The second-order valence-corrected chi connectivity index (χ2v) is 6.39. The van der Waals surface area contributed by atoms with Gasteiger partial charge in [-0.05, 0) is 29.1 Å². The minimum absolute atomic E-state index is 0.359. The second kappa shape index (κ2) is 10.9. The molecule has 0 atom stereocenters. The molecule has 110 valence electrons. The lowest BCUT2D eigenvalue weighted by atomic mass is 10.1. The van der Waals surface area contributed by atoms with Gasteiger partial charge >= 0.3 is 0 Å². The molecule has 1 saturated heterocycles. The van der Waals surface area contributed by atoms with Crippen molar-refractivity contribution < 1.29 is 9.59 Å². The molecule has 0 spiro atoms. The number of nitrogens with zero attached hydrogens (tertiary/aromatic N) is 1. The van der Waals surface area contributed by atoms with Crippen molar-refractivity contribution in [1.29, 1.82) is 0 Å². The number of unbranched alkanes of at least 4 members (excludes halogenated alkanes) is 6. The first-order valence-electron chi connectivity index (χ1n) is 7.87. The molecule has 0 radical (unpaired) electrons. The minimum Gasteiger partial charge on any atom is -0.396 e. The smallest absolute Gasteiger partial charge is 0.141 e. The number of aliphatic hydroxyl groups is 1. The highest BCUT2D eigenvalue weighted by molar-refractivity contribution is 14.1. The fraction of sp³-hybridized carbons (Fsp3) is 0.875. The van der Waals surface area contributed by atoms with E-state index in [1.807, 2.05) is 0 Å². The van der Waals surface area contributed by atoms with E-state index in [0.29, 0.717) is 6.61 Å². The average molecular weight is 378 g/mol. The summed E-state index contributed by atoms with van der Waals surface area (Å²) in [6.45, 7) is 5.46. The lowest BCUT2D eigenvalue weighted by Crippen LogP contribution is -2.46. The molecule has 0 bridgehead atoms. The molecule has 0 aromatic rings. The number of hydrogen-bond donors (Lipinski definition) is 1. The summed E-state index contributed by atoms with van der Waals surface area (Å²) >= 11 is 2.16. The third-order valence-corrected chi connectivity index (χ3v) is 4.67. The van der Waals surface area contributed by atoms with Crippen LogP contribution in [-0.4, -0.2) is 42.4 Å². The van der Waals surface area contributed by atoms with Crippen LogP contribution in [0.25, 0.3) is 0 Å². The quantitative estimate of drug-likeness (QED) is 0.266. The van der Waals surface area contributed by atoms with Crippen LogP contribution in [0.1, 0.15) is 57.8 Å². The number of likely N-dealkylation sites (tertiary alicyclic amines) is 1. The highest BCUT2D eigenvalue weighted by atomic mass is 127. The highest BCUT2D eigenvalue weighted by Gasteiger charge is 2.30. The zero-order chi connectivity index (χ0) is 13.8. The zero-order valence-corrected chi connectivity index (χ0v) is 14.3. The van der Waals surface area contributed by atoms with Crippen LogP contribution in [0.3, 0.4) is 0 Å². The van der Waals surface area contributed by atoms with E-state index in [0.717, 1.165) is 13.0 Å². The number of hydrogen-bond acceptors (Lipinski definition) is 1. The Kier molecular flexibility index (Phi) is 9.93. The van der Waals surface area contributed by atoms with Crippen molar-refractivity contribution in [3.8, 4) is 9.85 Å². The first-order valence-corrected chi connectivity index (χ1v) is 8.95. The van der Waals surface area contributed by atoms with E-state index in [-0.39, 0.29) is 0 Å². The maximum Gasteiger partial charge on any atom is 0.141 e. The maximum absolute atomic E-state index is 8.71. The van der Waals surface area contributed by atoms with Crippen LogP contribution in [-0.2, 0) is 0 Å². The monoisotopic (exact) mass is 378 g/mol. The first-order chi connectivity index (χ1) is 9.33. The number of aliphatic hydroxyl groups excluding tert-OH is 1. The molecule has 0 amide bonds. The molecular weight excluding hydrogens is 349 g/mol. The molecule has 3 heteroatoms. The molecule has 0 aromatic carbocycles. The summed E-state index contributed by atoms with van der Waals surface area (Å²) in [6.07, 6.45) is 11.7. The first kappa shape index (κ1) is 17.3. The molecule has 0 saturated carbocycles. The maximum atomic E-state index is 8.71. The summed E-state index contributed by atoms with van der Waals surface area (Å²) in [7, 11) is 0. The Hall–Kier alpha value is 0.210. The molecule has 1 heterocycles. The van der Waals surface area contributed by atoms with E-state index < -0.39 is 0 Å². The lowest BCUT2D eigenvalue weighted by Gasteiger charge is -2.32. The van der Waals surface area contributed by atoms with Crippen molar-refractivity contribution in [3.05, 3.63) is 0 Å². The number of quaternary nitrogens is 1. The van der Waals surface area contributed by atoms with E-state index in [1.165, 1.54) is 75.5 Å². The van der Waals surface area contributed by atoms with Crippen LogP contribution in [0.15, 0.2) is 0 Å². The summed E-state index contributed by atoms with van der Waals surface area (Å²) < 4.78 is 4.30. The normalized spacial score (nSPS) is 17.2. The molecule has 0 unspecified atom stereocenters. The molecule has 1 rings (SSSR count). The lowest BCUT2D eigenvalue weighted by molar-refractivity contribution is -0.910. The van der Waals surface area contributed by atoms with Gasteiger partial charge in [-0.3, -0.25) is 0 Å². The SMILES string of the molecule is OCCCCCCCCC[N+]1(CC#CI)CCCC1. The van der Waals surface area contributed by atoms with Crippen LogP contribution >= 0.6 is 22.6 Å². The van der Waals surface area contributed by atoms with Gasteiger partial charge in [-0.2, -0.15) is 0 Å². The van der Waals surface area contributed by atoms with E-state index >= 15 is 0 Å². The van der Waals surface area contributed by atoms with E-state index in [4.69, 9.17) is 5.11 Å². The Balaban J connectivity index is 2.06. The topological polar surface area (TPSA) is 20.2 Å². The predicted molar refractivity (Wildman–Crippen MR) is 90.2 cm³/mol. The Morgan fingerprint density at radius 1 is 0.895 bits per heavy atom.